The molecule has 3 aromatic rings. The number of hydrogen-bond donors (Lipinski definition) is 1. The van der Waals surface area contributed by atoms with Crippen molar-refractivity contribution in [3.05, 3.63) is 65.7 Å². The largest absolute Gasteiger partial charge is 0.361 e. The van der Waals surface area contributed by atoms with Crippen LogP contribution < -0.4 is 5.32 Å². The monoisotopic (exact) mass is 362 g/mol. The molecule has 1 N–H and O–H groups in total. The number of nitrogens with zero attached hydrogens (tertiary/aromatic N) is 3. The average molecular weight is 363 g/mol. The predicted molar refractivity (Wildman–Crippen MR) is 106 cm³/mol. The molecule has 1 saturated carbocycles. The summed E-state index contributed by atoms with van der Waals surface area (Å²) in [6.07, 6.45) is 1.81. The third-order valence-electron chi connectivity index (χ3n) is 5.62. The molecule has 3 atom stereocenters. The summed E-state index contributed by atoms with van der Waals surface area (Å²) in [6.45, 7) is 4.61. The fraction of sp³-hybridized carbons (Fsp3) is 0.333. The van der Waals surface area contributed by atoms with Crippen LogP contribution in [0.1, 0.15) is 5.56 Å². The highest BCUT2D eigenvalue weighted by Gasteiger charge is 2.54. The molecular weight excluding hydrogens is 340 g/mol. The number of fused-ring (bicyclic) bond motifs is 1. The summed E-state index contributed by atoms with van der Waals surface area (Å²) in [5.74, 6) is 2.53. The smallest absolute Gasteiger partial charge is 0.183 e. The van der Waals surface area contributed by atoms with Gasteiger partial charge in [0.25, 0.3) is 0 Å². The van der Waals surface area contributed by atoms with Gasteiger partial charge in [-0.05, 0) is 35.4 Å². The minimum Gasteiger partial charge on any atom is -0.361 e. The van der Waals surface area contributed by atoms with E-state index in [4.69, 9.17) is 0 Å². The maximum atomic E-state index is 4.68. The van der Waals surface area contributed by atoms with Crippen molar-refractivity contribution in [2.24, 2.45) is 17.8 Å². The zero-order chi connectivity index (χ0) is 17.3. The molecule has 2 aromatic heterocycles. The van der Waals surface area contributed by atoms with Gasteiger partial charge in [-0.2, -0.15) is 0 Å². The number of pyridine rings is 1. The van der Waals surface area contributed by atoms with Crippen LogP contribution in [0.5, 0.6) is 0 Å². The summed E-state index contributed by atoms with van der Waals surface area (Å²) in [7, 11) is 0. The molecule has 1 aliphatic carbocycles. The molecule has 0 radical (unpaired) electrons. The van der Waals surface area contributed by atoms with Crippen LogP contribution in [0, 0.1) is 17.8 Å². The van der Waals surface area contributed by atoms with Crippen LogP contribution in [0.3, 0.4) is 0 Å². The Kier molecular flexibility index (Phi) is 4.19. The van der Waals surface area contributed by atoms with E-state index < -0.39 is 0 Å². The van der Waals surface area contributed by atoms with Gasteiger partial charge >= 0.3 is 0 Å². The second-order valence-electron chi connectivity index (χ2n) is 7.31. The molecule has 5 heteroatoms. The highest BCUT2D eigenvalue weighted by molar-refractivity contribution is 7.14. The van der Waals surface area contributed by atoms with E-state index in [9.17, 15) is 0 Å². The molecule has 0 bridgehead atoms. The molecule has 1 aliphatic heterocycles. The van der Waals surface area contributed by atoms with E-state index in [2.05, 4.69) is 55.9 Å². The van der Waals surface area contributed by atoms with Gasteiger partial charge < -0.3 is 5.32 Å². The lowest BCUT2D eigenvalue weighted by molar-refractivity contribution is 0.280. The normalized spacial score (nSPS) is 24.4. The van der Waals surface area contributed by atoms with Crippen LogP contribution in [-0.4, -0.2) is 34.5 Å². The Labute approximate surface area is 157 Å². The number of anilines is 1. The number of nitrogens with one attached hydrogen (secondary N) is 1. The lowest BCUT2D eigenvalue weighted by Crippen LogP contribution is -2.25. The highest BCUT2D eigenvalue weighted by Crippen LogP contribution is 2.51. The van der Waals surface area contributed by atoms with Gasteiger partial charge in [-0.3, -0.25) is 9.88 Å². The number of benzene rings is 1. The minimum atomic E-state index is 0.809. The Morgan fingerprint density at radius 1 is 1.00 bits per heavy atom. The summed E-state index contributed by atoms with van der Waals surface area (Å²) in [6, 6.07) is 16.7. The summed E-state index contributed by atoms with van der Waals surface area (Å²) >= 11 is 1.67. The highest BCUT2D eigenvalue weighted by atomic mass is 32.1. The summed E-state index contributed by atoms with van der Waals surface area (Å²) in [5, 5.41) is 6.65. The van der Waals surface area contributed by atoms with Gasteiger partial charge in [-0.25, -0.2) is 4.98 Å². The number of aromatic nitrogens is 2. The van der Waals surface area contributed by atoms with Crippen molar-refractivity contribution in [1.29, 1.82) is 0 Å². The van der Waals surface area contributed by atoms with Crippen molar-refractivity contribution < 1.29 is 0 Å². The van der Waals surface area contributed by atoms with Crippen LogP contribution in [-0.2, 0) is 6.54 Å². The van der Waals surface area contributed by atoms with E-state index in [-0.39, 0.29) is 0 Å². The first-order chi connectivity index (χ1) is 12.9. The second-order valence-corrected chi connectivity index (χ2v) is 8.16. The van der Waals surface area contributed by atoms with E-state index in [1.807, 2.05) is 24.4 Å². The third-order valence-corrected chi connectivity index (χ3v) is 6.42. The molecule has 5 rings (SSSR count). The molecule has 3 heterocycles. The first-order valence-corrected chi connectivity index (χ1v) is 10.1. The van der Waals surface area contributed by atoms with Crippen molar-refractivity contribution in [2.75, 3.05) is 25.0 Å². The average Bonchev–Trinajstić information content (AvgIpc) is 3.06. The first kappa shape index (κ1) is 16.0. The van der Waals surface area contributed by atoms with Crippen molar-refractivity contribution >= 4 is 16.5 Å². The SMILES string of the molecule is c1ccc(CN2C[C@@H]3C(CNc4nc(-c5ccccn5)cs4)[C@@H]3C2)cc1. The molecule has 0 spiro atoms. The van der Waals surface area contributed by atoms with Crippen molar-refractivity contribution in [1.82, 2.24) is 14.9 Å². The maximum Gasteiger partial charge on any atom is 0.183 e. The van der Waals surface area contributed by atoms with E-state index in [1.54, 1.807) is 11.3 Å². The van der Waals surface area contributed by atoms with E-state index in [1.165, 1.54) is 18.7 Å². The van der Waals surface area contributed by atoms with Crippen molar-refractivity contribution in [3.63, 3.8) is 0 Å². The summed E-state index contributed by atoms with van der Waals surface area (Å²) in [5.41, 5.74) is 3.33. The quantitative estimate of drug-likeness (QED) is 0.720. The Hall–Kier alpha value is -2.24. The number of piperidine rings is 1. The number of likely N-dealkylation sites (tertiary alicyclic amines) is 1. The van der Waals surface area contributed by atoms with Gasteiger partial charge in [-0.1, -0.05) is 36.4 Å². The topological polar surface area (TPSA) is 41.0 Å². The number of hydrogen-bond acceptors (Lipinski definition) is 5. The van der Waals surface area contributed by atoms with Gasteiger partial charge in [0.15, 0.2) is 5.13 Å². The molecule has 1 saturated heterocycles. The molecule has 132 valence electrons. The lowest BCUT2D eigenvalue weighted by Gasteiger charge is -2.19. The Bertz CT molecular complexity index is 852. The molecule has 1 aromatic carbocycles. The third kappa shape index (κ3) is 3.24. The fourth-order valence-electron chi connectivity index (χ4n) is 4.20. The molecule has 4 nitrogen and oxygen atoms in total. The van der Waals surface area contributed by atoms with Gasteiger partial charge in [0.05, 0.1) is 5.69 Å². The Morgan fingerprint density at radius 3 is 2.58 bits per heavy atom. The maximum absolute atomic E-state index is 4.68. The van der Waals surface area contributed by atoms with Gasteiger partial charge in [-0.15, -0.1) is 11.3 Å². The van der Waals surface area contributed by atoms with Gasteiger partial charge in [0.1, 0.15) is 5.69 Å². The number of thiazole rings is 1. The van der Waals surface area contributed by atoms with Crippen molar-refractivity contribution in [3.8, 4) is 11.4 Å². The van der Waals surface area contributed by atoms with Crippen LogP contribution in [0.4, 0.5) is 5.13 Å². The molecular formula is C21H22N4S. The standard InChI is InChI=1S/C21H22N4S/c1-2-6-15(7-3-1)11-25-12-17-16(18(17)13-25)10-23-21-24-20(14-26-21)19-8-4-5-9-22-19/h1-9,14,16-18H,10-13H2,(H,23,24)/t16?,17-,18+. The molecule has 2 aliphatic rings. The van der Waals surface area contributed by atoms with Crippen LogP contribution in [0.2, 0.25) is 0 Å². The van der Waals surface area contributed by atoms with Gasteiger partial charge in [0.2, 0.25) is 0 Å². The van der Waals surface area contributed by atoms with Crippen LogP contribution in [0.15, 0.2) is 60.1 Å². The van der Waals surface area contributed by atoms with Crippen molar-refractivity contribution in [2.45, 2.75) is 6.54 Å². The lowest BCUT2D eigenvalue weighted by atomic mass is 10.2. The zero-order valence-electron chi connectivity index (χ0n) is 14.6. The van der Waals surface area contributed by atoms with E-state index >= 15 is 0 Å². The van der Waals surface area contributed by atoms with E-state index in [0.29, 0.717) is 0 Å². The molecule has 1 unspecified atom stereocenters. The minimum absolute atomic E-state index is 0.809. The molecule has 0 amide bonds. The summed E-state index contributed by atoms with van der Waals surface area (Å²) < 4.78 is 0. The molecule has 26 heavy (non-hydrogen) atoms. The molecule has 2 fully saturated rings. The zero-order valence-corrected chi connectivity index (χ0v) is 15.4. The van der Waals surface area contributed by atoms with Crippen LogP contribution in [0.25, 0.3) is 11.4 Å². The van der Waals surface area contributed by atoms with Gasteiger partial charge in [0, 0.05) is 37.8 Å². The summed E-state index contributed by atoms with van der Waals surface area (Å²) in [4.78, 5) is 11.7. The van der Waals surface area contributed by atoms with E-state index in [0.717, 1.165) is 47.4 Å². The number of rotatable bonds is 6. The fourth-order valence-corrected chi connectivity index (χ4v) is 4.92. The second kappa shape index (κ2) is 6.82. The van der Waals surface area contributed by atoms with Crippen LogP contribution >= 0.6 is 11.3 Å². The first-order valence-electron chi connectivity index (χ1n) is 9.24. The Morgan fingerprint density at radius 2 is 1.81 bits per heavy atom. The Balaban J connectivity index is 1.11. The predicted octanol–water partition coefficient (Wildman–Crippen LogP) is 4.00.